The molecule has 2 unspecified atom stereocenters. The van der Waals surface area contributed by atoms with E-state index in [1.807, 2.05) is 24.3 Å². The van der Waals surface area contributed by atoms with E-state index in [9.17, 15) is 4.79 Å². The highest BCUT2D eigenvalue weighted by atomic mass is 16.5. The maximum absolute atomic E-state index is 12.5. The molecule has 1 aromatic carbocycles. The number of hydrogen-bond donors (Lipinski definition) is 0. The second kappa shape index (κ2) is 8.15. The van der Waals surface area contributed by atoms with Crippen molar-refractivity contribution >= 4 is 11.6 Å². The lowest BCUT2D eigenvalue weighted by Gasteiger charge is -2.26. The molecule has 1 aliphatic heterocycles. The van der Waals surface area contributed by atoms with E-state index in [1.165, 1.54) is 0 Å². The van der Waals surface area contributed by atoms with E-state index in [2.05, 4.69) is 0 Å². The Morgan fingerprint density at radius 2 is 2.18 bits per heavy atom. The minimum absolute atomic E-state index is 0.0969. The molecule has 22 heavy (non-hydrogen) atoms. The smallest absolute Gasteiger partial charge is 0.255 e. The Kier molecular flexibility index (Phi) is 6.21. The molecule has 1 amide bonds. The van der Waals surface area contributed by atoms with Crippen LogP contribution < -0.4 is 9.64 Å². The number of carbonyl (C=O) groups is 1. The maximum atomic E-state index is 12.5. The van der Waals surface area contributed by atoms with Gasteiger partial charge in [0.2, 0.25) is 0 Å². The molecule has 2 atom stereocenters. The van der Waals surface area contributed by atoms with Crippen LogP contribution in [0, 0.1) is 0 Å². The van der Waals surface area contributed by atoms with Crippen LogP contribution in [0.4, 0.5) is 5.69 Å². The molecular formula is C17H25NO4. The van der Waals surface area contributed by atoms with Crippen molar-refractivity contribution in [2.24, 2.45) is 0 Å². The van der Waals surface area contributed by atoms with Crippen LogP contribution in [0.25, 0.3) is 0 Å². The van der Waals surface area contributed by atoms with Gasteiger partial charge in [0, 0.05) is 13.7 Å². The zero-order chi connectivity index (χ0) is 15.9. The van der Waals surface area contributed by atoms with Gasteiger partial charge in [-0.05, 0) is 38.3 Å². The summed E-state index contributed by atoms with van der Waals surface area (Å²) >= 11 is 0. The quantitative estimate of drug-likeness (QED) is 0.810. The van der Waals surface area contributed by atoms with Crippen LogP contribution in [-0.2, 0) is 14.3 Å². The zero-order valence-corrected chi connectivity index (χ0v) is 13.6. The molecule has 0 bridgehead atoms. The average molecular weight is 307 g/mol. The Morgan fingerprint density at radius 1 is 1.41 bits per heavy atom. The van der Waals surface area contributed by atoms with Crippen LogP contribution >= 0.6 is 0 Å². The number of rotatable bonds is 6. The first-order valence-electron chi connectivity index (χ1n) is 7.77. The van der Waals surface area contributed by atoms with Gasteiger partial charge in [-0.25, -0.2) is 0 Å². The van der Waals surface area contributed by atoms with Gasteiger partial charge < -0.3 is 19.1 Å². The number of methoxy groups -OCH3 is 1. The van der Waals surface area contributed by atoms with Crippen molar-refractivity contribution in [2.75, 3.05) is 32.3 Å². The fourth-order valence-corrected chi connectivity index (χ4v) is 2.56. The van der Waals surface area contributed by atoms with Crippen LogP contribution in [0.3, 0.4) is 0 Å². The van der Waals surface area contributed by atoms with E-state index in [0.717, 1.165) is 31.6 Å². The molecule has 1 aliphatic rings. The van der Waals surface area contributed by atoms with Crippen LogP contribution in [0.2, 0.25) is 0 Å². The van der Waals surface area contributed by atoms with E-state index in [1.54, 1.807) is 26.0 Å². The number of carbonyl (C=O) groups excluding carboxylic acids is 1. The van der Waals surface area contributed by atoms with Crippen LogP contribution in [0.1, 0.15) is 26.2 Å². The summed E-state index contributed by atoms with van der Waals surface area (Å²) in [5.74, 6) is 0.571. The predicted octanol–water partition coefficient (Wildman–Crippen LogP) is 2.63. The first-order chi connectivity index (χ1) is 10.6. The molecule has 1 fully saturated rings. The number of benzene rings is 1. The van der Waals surface area contributed by atoms with E-state index in [4.69, 9.17) is 14.2 Å². The molecule has 1 heterocycles. The fraction of sp³-hybridized carbons (Fsp3) is 0.588. The first kappa shape index (κ1) is 16.8. The summed E-state index contributed by atoms with van der Waals surface area (Å²) in [5, 5.41) is 0. The summed E-state index contributed by atoms with van der Waals surface area (Å²) in [7, 11) is 3.33. The molecule has 5 heteroatoms. The van der Waals surface area contributed by atoms with Gasteiger partial charge in [0.05, 0.1) is 25.5 Å². The van der Waals surface area contributed by atoms with Crippen molar-refractivity contribution < 1.29 is 19.0 Å². The standard InChI is InChI=1S/C17H25NO4/c1-13(22-12-14-8-6-7-11-21-14)17(19)18(2)15-9-4-5-10-16(15)20-3/h4-5,9-10,13-14H,6-8,11-12H2,1-3H3. The van der Waals surface area contributed by atoms with Gasteiger partial charge in [-0.15, -0.1) is 0 Å². The zero-order valence-electron chi connectivity index (χ0n) is 13.6. The van der Waals surface area contributed by atoms with Crippen molar-refractivity contribution in [1.82, 2.24) is 0 Å². The molecule has 2 rings (SSSR count). The molecule has 1 aromatic rings. The molecule has 0 radical (unpaired) electrons. The highest BCUT2D eigenvalue weighted by molar-refractivity contribution is 5.97. The highest BCUT2D eigenvalue weighted by Crippen LogP contribution is 2.27. The predicted molar refractivity (Wildman–Crippen MR) is 85.4 cm³/mol. The Labute approximate surface area is 132 Å². The summed E-state index contributed by atoms with van der Waals surface area (Å²) in [6.07, 6.45) is 2.88. The van der Waals surface area contributed by atoms with E-state index < -0.39 is 6.10 Å². The average Bonchev–Trinajstić information content (AvgIpc) is 2.59. The molecule has 0 aliphatic carbocycles. The molecule has 1 saturated heterocycles. The van der Waals surface area contributed by atoms with Gasteiger partial charge in [0.25, 0.3) is 5.91 Å². The molecule has 122 valence electrons. The number of amides is 1. The van der Waals surface area contributed by atoms with E-state index in [-0.39, 0.29) is 12.0 Å². The van der Waals surface area contributed by atoms with Crippen LogP contribution in [0.5, 0.6) is 5.75 Å². The summed E-state index contributed by atoms with van der Waals surface area (Å²) < 4.78 is 16.6. The number of anilines is 1. The minimum atomic E-state index is -0.513. The molecule has 0 saturated carbocycles. The SMILES string of the molecule is COc1ccccc1N(C)C(=O)C(C)OCC1CCCCO1. The number of para-hydroxylation sites is 2. The largest absolute Gasteiger partial charge is 0.495 e. The van der Waals surface area contributed by atoms with Crippen LogP contribution in [0.15, 0.2) is 24.3 Å². The van der Waals surface area contributed by atoms with Gasteiger partial charge >= 0.3 is 0 Å². The Bertz CT molecular complexity index is 485. The summed E-state index contributed by atoms with van der Waals surface area (Å²) in [5.41, 5.74) is 0.736. The highest BCUT2D eigenvalue weighted by Gasteiger charge is 2.23. The molecular weight excluding hydrogens is 282 g/mol. The summed E-state index contributed by atoms with van der Waals surface area (Å²) in [4.78, 5) is 14.1. The van der Waals surface area contributed by atoms with Crippen molar-refractivity contribution in [3.05, 3.63) is 24.3 Å². The van der Waals surface area contributed by atoms with E-state index >= 15 is 0 Å². The molecule has 0 spiro atoms. The van der Waals surface area contributed by atoms with Gasteiger partial charge in [-0.3, -0.25) is 4.79 Å². The third kappa shape index (κ3) is 4.21. The summed E-state index contributed by atoms with van der Waals surface area (Å²) in [6, 6.07) is 7.44. The minimum Gasteiger partial charge on any atom is -0.495 e. The third-order valence-corrected chi connectivity index (χ3v) is 3.93. The maximum Gasteiger partial charge on any atom is 0.255 e. The number of ether oxygens (including phenoxy) is 3. The topological polar surface area (TPSA) is 48.0 Å². The van der Waals surface area contributed by atoms with Crippen molar-refractivity contribution in [3.8, 4) is 5.75 Å². The van der Waals surface area contributed by atoms with Crippen molar-refractivity contribution in [3.63, 3.8) is 0 Å². The summed E-state index contributed by atoms with van der Waals surface area (Å²) in [6.45, 7) is 3.03. The second-order valence-electron chi connectivity index (χ2n) is 5.53. The van der Waals surface area contributed by atoms with E-state index in [0.29, 0.717) is 12.4 Å². The number of hydrogen-bond acceptors (Lipinski definition) is 4. The van der Waals surface area contributed by atoms with Gasteiger partial charge in [-0.2, -0.15) is 0 Å². The Hall–Kier alpha value is -1.59. The lowest BCUT2D eigenvalue weighted by Crippen LogP contribution is -2.38. The second-order valence-corrected chi connectivity index (χ2v) is 5.53. The van der Waals surface area contributed by atoms with Crippen molar-refractivity contribution in [1.29, 1.82) is 0 Å². The number of nitrogens with zero attached hydrogens (tertiary/aromatic N) is 1. The lowest BCUT2D eigenvalue weighted by atomic mass is 10.1. The van der Waals surface area contributed by atoms with Gasteiger partial charge in [0.1, 0.15) is 11.9 Å². The molecule has 0 aromatic heterocycles. The molecule has 5 nitrogen and oxygen atoms in total. The lowest BCUT2D eigenvalue weighted by molar-refractivity contribution is -0.132. The first-order valence-corrected chi connectivity index (χ1v) is 7.77. The van der Waals surface area contributed by atoms with Crippen molar-refractivity contribution in [2.45, 2.75) is 38.4 Å². The molecule has 0 N–H and O–H groups in total. The Morgan fingerprint density at radius 3 is 2.86 bits per heavy atom. The van der Waals surface area contributed by atoms with Crippen LogP contribution in [-0.4, -0.2) is 45.5 Å². The fourth-order valence-electron chi connectivity index (χ4n) is 2.56. The third-order valence-electron chi connectivity index (χ3n) is 3.93. The normalized spacial score (nSPS) is 19.5. The Balaban J connectivity index is 1.91. The number of likely N-dealkylation sites (N-methyl/N-ethyl adjacent to an activating group) is 1. The van der Waals surface area contributed by atoms with Gasteiger partial charge in [0.15, 0.2) is 0 Å². The monoisotopic (exact) mass is 307 g/mol. The van der Waals surface area contributed by atoms with Gasteiger partial charge in [-0.1, -0.05) is 12.1 Å².